The third kappa shape index (κ3) is 5.22. The van der Waals surface area contributed by atoms with Gasteiger partial charge >= 0.3 is 5.97 Å². The van der Waals surface area contributed by atoms with Crippen molar-refractivity contribution < 1.29 is 24.0 Å². The van der Waals surface area contributed by atoms with Crippen LogP contribution in [0.1, 0.15) is 19.8 Å². The molecule has 1 aliphatic rings. The lowest BCUT2D eigenvalue weighted by molar-refractivity contribution is -0.384. The number of benzene rings is 2. The van der Waals surface area contributed by atoms with Crippen molar-refractivity contribution in [2.45, 2.75) is 19.8 Å². The van der Waals surface area contributed by atoms with Crippen LogP contribution in [-0.2, 0) is 9.59 Å². The van der Waals surface area contributed by atoms with Crippen molar-refractivity contribution in [1.29, 1.82) is 0 Å². The molecule has 0 aliphatic carbocycles. The second kappa shape index (κ2) is 9.05. The summed E-state index contributed by atoms with van der Waals surface area (Å²) in [5.74, 6) is -0.120. The van der Waals surface area contributed by atoms with E-state index < -0.39 is 10.9 Å². The van der Waals surface area contributed by atoms with Crippen LogP contribution in [0.5, 0.6) is 11.5 Å². The van der Waals surface area contributed by atoms with Crippen LogP contribution in [0.4, 0.5) is 17.1 Å². The first-order valence-corrected chi connectivity index (χ1v) is 9.23. The lowest BCUT2D eigenvalue weighted by Crippen LogP contribution is -2.41. The van der Waals surface area contributed by atoms with Gasteiger partial charge in [0.2, 0.25) is 5.91 Å². The van der Waals surface area contributed by atoms with Gasteiger partial charge in [0.1, 0.15) is 12.3 Å². The molecular weight excluding hydrogens is 378 g/mol. The number of nitro benzene ring substituents is 1. The highest BCUT2D eigenvalue weighted by Crippen LogP contribution is 2.35. The van der Waals surface area contributed by atoms with Crippen molar-refractivity contribution in [2.75, 3.05) is 29.9 Å². The summed E-state index contributed by atoms with van der Waals surface area (Å²) < 4.78 is 10.7. The van der Waals surface area contributed by atoms with E-state index in [1.54, 1.807) is 24.3 Å². The maximum Gasteiger partial charge on any atom is 0.331 e. The SMILES string of the molecule is CCCCOc1ccc(NC(=O)CN2CC(=O)Oc3cc([N+](=O)[O-])ccc32)cc1. The van der Waals surface area contributed by atoms with Crippen molar-refractivity contribution in [2.24, 2.45) is 0 Å². The number of fused-ring (bicyclic) bond motifs is 1. The highest BCUT2D eigenvalue weighted by Gasteiger charge is 2.27. The molecule has 152 valence electrons. The Labute approximate surface area is 167 Å². The van der Waals surface area contributed by atoms with Crippen LogP contribution in [0.15, 0.2) is 42.5 Å². The maximum atomic E-state index is 12.4. The molecule has 0 bridgehead atoms. The molecule has 9 nitrogen and oxygen atoms in total. The van der Waals surface area contributed by atoms with Gasteiger partial charge < -0.3 is 19.7 Å². The molecule has 0 saturated heterocycles. The normalized spacial score (nSPS) is 12.7. The first kappa shape index (κ1) is 20.1. The Morgan fingerprint density at radius 2 is 2.03 bits per heavy atom. The van der Waals surface area contributed by atoms with Crippen LogP contribution in [0.25, 0.3) is 0 Å². The summed E-state index contributed by atoms with van der Waals surface area (Å²) in [4.78, 5) is 36.1. The third-order valence-electron chi connectivity index (χ3n) is 4.28. The molecule has 1 heterocycles. The molecular formula is C20H21N3O6. The number of non-ortho nitro benzene ring substituents is 1. The van der Waals surface area contributed by atoms with Gasteiger partial charge in [-0.15, -0.1) is 0 Å². The topological polar surface area (TPSA) is 111 Å². The summed E-state index contributed by atoms with van der Waals surface area (Å²) in [6, 6.07) is 11.0. The van der Waals surface area contributed by atoms with Gasteiger partial charge in [-0.3, -0.25) is 14.9 Å². The Bertz CT molecular complexity index is 913. The van der Waals surface area contributed by atoms with Gasteiger partial charge in [-0.05, 0) is 36.8 Å². The molecule has 0 atom stereocenters. The van der Waals surface area contributed by atoms with Crippen LogP contribution < -0.4 is 19.7 Å². The minimum atomic E-state index is -0.584. The predicted molar refractivity (Wildman–Crippen MR) is 106 cm³/mol. The fourth-order valence-corrected chi connectivity index (χ4v) is 2.84. The van der Waals surface area contributed by atoms with Gasteiger partial charge in [0, 0.05) is 11.8 Å². The number of hydrogen-bond acceptors (Lipinski definition) is 7. The smallest absolute Gasteiger partial charge is 0.331 e. The molecule has 1 aliphatic heterocycles. The number of rotatable bonds is 8. The Kier molecular flexibility index (Phi) is 6.28. The van der Waals surface area contributed by atoms with Crippen LogP contribution in [0.2, 0.25) is 0 Å². The zero-order valence-electron chi connectivity index (χ0n) is 15.9. The van der Waals surface area contributed by atoms with E-state index in [0.717, 1.165) is 18.6 Å². The molecule has 0 aromatic heterocycles. The standard InChI is InChI=1S/C20H21N3O6/c1-2-3-10-28-16-7-4-14(5-8-16)21-19(24)12-22-13-20(25)29-18-11-15(23(26)27)6-9-17(18)22/h4-9,11H,2-3,10,12-13H2,1H3,(H,21,24). The van der Waals surface area contributed by atoms with Crippen LogP contribution in [0.3, 0.4) is 0 Å². The second-order valence-corrected chi connectivity index (χ2v) is 6.51. The van der Waals surface area contributed by atoms with E-state index in [0.29, 0.717) is 18.0 Å². The quantitative estimate of drug-likeness (QED) is 0.239. The van der Waals surface area contributed by atoms with E-state index in [4.69, 9.17) is 9.47 Å². The van der Waals surface area contributed by atoms with Crippen LogP contribution in [0, 0.1) is 10.1 Å². The zero-order chi connectivity index (χ0) is 20.8. The molecule has 1 N–H and O–H groups in total. The minimum Gasteiger partial charge on any atom is -0.494 e. The summed E-state index contributed by atoms with van der Waals surface area (Å²) in [6.07, 6.45) is 2.02. The maximum absolute atomic E-state index is 12.4. The summed E-state index contributed by atoms with van der Waals surface area (Å²) in [5, 5.41) is 13.7. The van der Waals surface area contributed by atoms with E-state index in [1.165, 1.54) is 23.1 Å². The summed E-state index contributed by atoms with van der Waals surface area (Å²) in [7, 11) is 0. The van der Waals surface area contributed by atoms with Gasteiger partial charge in [-0.25, -0.2) is 4.79 Å². The molecule has 0 fully saturated rings. The molecule has 1 amide bonds. The Morgan fingerprint density at radius 3 is 2.72 bits per heavy atom. The summed E-state index contributed by atoms with van der Waals surface area (Å²) in [5.41, 5.74) is 0.857. The van der Waals surface area contributed by atoms with Gasteiger partial charge in [0.05, 0.1) is 29.8 Å². The molecule has 2 aromatic rings. The van der Waals surface area contributed by atoms with E-state index in [2.05, 4.69) is 12.2 Å². The van der Waals surface area contributed by atoms with Crippen molar-refractivity contribution in [1.82, 2.24) is 0 Å². The van der Waals surface area contributed by atoms with Crippen LogP contribution in [-0.4, -0.2) is 36.5 Å². The van der Waals surface area contributed by atoms with E-state index in [-0.39, 0.29) is 30.4 Å². The molecule has 3 rings (SSSR count). The Morgan fingerprint density at radius 1 is 1.28 bits per heavy atom. The van der Waals surface area contributed by atoms with E-state index in [1.807, 2.05) is 0 Å². The van der Waals surface area contributed by atoms with E-state index in [9.17, 15) is 19.7 Å². The lowest BCUT2D eigenvalue weighted by atomic mass is 10.2. The number of carbonyl (C=O) groups is 2. The van der Waals surface area contributed by atoms with Gasteiger partial charge in [0.25, 0.3) is 5.69 Å². The monoisotopic (exact) mass is 399 g/mol. The zero-order valence-corrected chi connectivity index (χ0v) is 15.9. The number of carbonyl (C=O) groups excluding carboxylic acids is 2. The first-order valence-electron chi connectivity index (χ1n) is 9.23. The molecule has 0 spiro atoms. The Hall–Kier alpha value is -3.62. The number of nitrogens with zero attached hydrogens (tertiary/aromatic N) is 2. The number of esters is 1. The number of nitro groups is 1. The third-order valence-corrected chi connectivity index (χ3v) is 4.28. The van der Waals surface area contributed by atoms with Gasteiger partial charge in [-0.2, -0.15) is 0 Å². The van der Waals surface area contributed by atoms with E-state index >= 15 is 0 Å². The number of hydrogen-bond donors (Lipinski definition) is 1. The van der Waals surface area contributed by atoms with Crippen molar-refractivity contribution >= 4 is 28.9 Å². The molecule has 29 heavy (non-hydrogen) atoms. The highest BCUT2D eigenvalue weighted by atomic mass is 16.6. The first-order chi connectivity index (χ1) is 14.0. The number of nitrogens with one attached hydrogen (secondary N) is 1. The molecule has 0 radical (unpaired) electrons. The summed E-state index contributed by atoms with van der Waals surface area (Å²) in [6.45, 7) is 2.51. The average Bonchev–Trinajstić information content (AvgIpc) is 2.68. The fraction of sp³-hybridized carbons (Fsp3) is 0.300. The van der Waals surface area contributed by atoms with Gasteiger partial charge in [-0.1, -0.05) is 13.3 Å². The van der Waals surface area contributed by atoms with Gasteiger partial charge in [0.15, 0.2) is 5.75 Å². The lowest BCUT2D eigenvalue weighted by Gasteiger charge is -2.28. The van der Waals surface area contributed by atoms with Crippen molar-refractivity contribution in [3.05, 3.63) is 52.6 Å². The van der Waals surface area contributed by atoms with Crippen molar-refractivity contribution in [3.63, 3.8) is 0 Å². The average molecular weight is 399 g/mol. The Balaban J connectivity index is 1.63. The molecule has 0 unspecified atom stereocenters. The summed E-state index contributed by atoms with van der Waals surface area (Å²) >= 11 is 0. The van der Waals surface area contributed by atoms with Crippen molar-refractivity contribution in [3.8, 4) is 11.5 Å². The number of ether oxygens (including phenoxy) is 2. The predicted octanol–water partition coefficient (Wildman–Crippen LogP) is 3.14. The second-order valence-electron chi connectivity index (χ2n) is 6.51. The highest BCUT2D eigenvalue weighted by molar-refractivity contribution is 5.96. The molecule has 0 saturated carbocycles. The molecule has 9 heteroatoms. The van der Waals surface area contributed by atoms with Crippen LogP contribution >= 0.6 is 0 Å². The largest absolute Gasteiger partial charge is 0.494 e. The number of unbranched alkanes of at least 4 members (excludes halogenated alkanes) is 1. The molecule has 2 aromatic carbocycles. The fourth-order valence-electron chi connectivity index (χ4n) is 2.84. The minimum absolute atomic E-state index is 0.0665. The number of anilines is 2. The number of amides is 1.